The van der Waals surface area contributed by atoms with Crippen molar-refractivity contribution < 1.29 is 17.6 Å². The average molecular weight is 484 g/mol. The molecule has 1 saturated heterocycles. The van der Waals surface area contributed by atoms with E-state index in [1.54, 1.807) is 42.2 Å². The minimum absolute atomic E-state index is 0.0471. The first-order valence-corrected chi connectivity index (χ1v) is 11.7. The Morgan fingerprint density at radius 1 is 1.00 bits per heavy atom. The zero-order valence-corrected chi connectivity index (χ0v) is 18.8. The van der Waals surface area contributed by atoms with E-state index < -0.39 is 21.8 Å². The number of fused-ring (bicyclic) bond motifs is 1. The molecular weight excluding hydrogens is 465 g/mol. The van der Waals surface area contributed by atoms with Crippen molar-refractivity contribution in [1.29, 1.82) is 0 Å². The molecule has 0 aliphatic carbocycles. The number of benzene rings is 2. The Morgan fingerprint density at radius 2 is 1.61 bits per heavy atom. The lowest BCUT2D eigenvalue weighted by molar-refractivity contribution is -0.135. The van der Waals surface area contributed by atoms with E-state index in [0.29, 0.717) is 11.1 Å². The number of oxazole rings is 1. The molecule has 2 aromatic carbocycles. The van der Waals surface area contributed by atoms with Gasteiger partial charge in [0, 0.05) is 26.2 Å². The molecule has 164 valence electrons. The van der Waals surface area contributed by atoms with Crippen molar-refractivity contribution in [2.45, 2.75) is 17.9 Å². The molecule has 1 unspecified atom stereocenters. The molecule has 1 atom stereocenters. The van der Waals surface area contributed by atoms with Crippen LogP contribution in [-0.2, 0) is 14.8 Å². The minimum Gasteiger partial charge on any atom is -0.408 e. The van der Waals surface area contributed by atoms with Gasteiger partial charge in [-0.2, -0.15) is 4.31 Å². The lowest BCUT2D eigenvalue weighted by atomic mass is 10.2. The third-order valence-electron chi connectivity index (χ3n) is 5.33. The van der Waals surface area contributed by atoms with E-state index >= 15 is 0 Å². The van der Waals surface area contributed by atoms with Gasteiger partial charge in [0.05, 0.1) is 15.6 Å². The fourth-order valence-corrected chi connectivity index (χ4v) is 6.25. The number of halogens is 2. The van der Waals surface area contributed by atoms with Crippen LogP contribution >= 0.6 is 23.2 Å². The standard InChI is InChI=1S/C20H19Cl2N3O5S/c1-13(25-16-7-2-3-8-17(16)30-20(25)27)19(26)23-9-11-24(12-10-23)31(28,29)18-14(21)5-4-6-15(18)22/h2-8,13H,9-12H2,1H3. The molecule has 1 aliphatic rings. The van der Waals surface area contributed by atoms with Crippen molar-refractivity contribution >= 4 is 50.2 Å². The molecule has 4 rings (SSSR count). The molecule has 1 aromatic heterocycles. The number of carbonyl (C=O) groups is 1. The summed E-state index contributed by atoms with van der Waals surface area (Å²) < 4.78 is 33.8. The van der Waals surface area contributed by atoms with Gasteiger partial charge in [-0.3, -0.25) is 9.36 Å². The molecule has 0 bridgehead atoms. The Labute approximate surface area is 188 Å². The number of piperazine rings is 1. The smallest absolute Gasteiger partial charge is 0.408 e. The van der Waals surface area contributed by atoms with E-state index in [9.17, 15) is 18.0 Å². The second kappa shape index (κ2) is 8.31. The number of amides is 1. The summed E-state index contributed by atoms with van der Waals surface area (Å²) in [7, 11) is -3.91. The van der Waals surface area contributed by atoms with Gasteiger partial charge in [0.25, 0.3) is 0 Å². The Morgan fingerprint density at radius 3 is 2.26 bits per heavy atom. The first-order chi connectivity index (χ1) is 14.7. The zero-order chi connectivity index (χ0) is 22.3. The molecule has 1 aliphatic heterocycles. The summed E-state index contributed by atoms with van der Waals surface area (Å²) in [6, 6.07) is 10.6. The second-order valence-corrected chi connectivity index (χ2v) is 9.85. The van der Waals surface area contributed by atoms with Crippen LogP contribution in [0.4, 0.5) is 0 Å². The number of carbonyl (C=O) groups excluding carboxylic acids is 1. The Kier molecular flexibility index (Phi) is 5.87. The zero-order valence-electron chi connectivity index (χ0n) is 16.5. The highest BCUT2D eigenvalue weighted by atomic mass is 35.5. The number of nitrogens with zero attached hydrogens (tertiary/aromatic N) is 3. The highest BCUT2D eigenvalue weighted by molar-refractivity contribution is 7.89. The van der Waals surface area contributed by atoms with Crippen molar-refractivity contribution in [3.63, 3.8) is 0 Å². The van der Waals surface area contributed by atoms with E-state index in [2.05, 4.69) is 0 Å². The molecule has 0 spiro atoms. The highest BCUT2D eigenvalue weighted by Crippen LogP contribution is 2.32. The molecule has 31 heavy (non-hydrogen) atoms. The van der Waals surface area contributed by atoms with Gasteiger partial charge in [0.2, 0.25) is 15.9 Å². The van der Waals surface area contributed by atoms with Crippen molar-refractivity contribution in [3.8, 4) is 0 Å². The van der Waals surface area contributed by atoms with Gasteiger partial charge in [-0.25, -0.2) is 13.2 Å². The summed E-state index contributed by atoms with van der Waals surface area (Å²) in [5.41, 5.74) is 0.933. The molecule has 1 amide bonds. The number of aromatic nitrogens is 1. The van der Waals surface area contributed by atoms with Crippen LogP contribution in [0.15, 0.2) is 56.6 Å². The maximum atomic E-state index is 13.0. The van der Waals surface area contributed by atoms with Crippen LogP contribution in [0, 0.1) is 0 Å². The first-order valence-electron chi connectivity index (χ1n) is 9.55. The van der Waals surface area contributed by atoms with Crippen molar-refractivity contribution in [2.75, 3.05) is 26.2 Å². The van der Waals surface area contributed by atoms with Crippen LogP contribution in [0.1, 0.15) is 13.0 Å². The number of hydrogen-bond donors (Lipinski definition) is 0. The molecule has 11 heteroatoms. The van der Waals surface area contributed by atoms with Crippen LogP contribution in [0.5, 0.6) is 0 Å². The molecule has 3 aromatic rings. The van der Waals surface area contributed by atoms with Crippen LogP contribution in [0.25, 0.3) is 11.1 Å². The molecule has 0 radical (unpaired) electrons. The summed E-state index contributed by atoms with van der Waals surface area (Å²) in [5, 5.41) is 0.0941. The predicted molar refractivity (Wildman–Crippen MR) is 117 cm³/mol. The van der Waals surface area contributed by atoms with E-state index in [1.165, 1.54) is 21.0 Å². The normalized spacial score (nSPS) is 16.5. The summed E-state index contributed by atoms with van der Waals surface area (Å²) >= 11 is 12.2. The van der Waals surface area contributed by atoms with Crippen LogP contribution < -0.4 is 5.76 Å². The lowest BCUT2D eigenvalue weighted by Crippen LogP contribution is -2.52. The van der Waals surface area contributed by atoms with E-state index in [1.807, 2.05) is 0 Å². The maximum Gasteiger partial charge on any atom is 0.420 e. The SMILES string of the molecule is CC(C(=O)N1CCN(S(=O)(=O)c2c(Cl)cccc2Cl)CC1)n1c(=O)oc2ccccc21. The molecule has 1 fully saturated rings. The van der Waals surface area contributed by atoms with Crippen LogP contribution in [0.3, 0.4) is 0 Å². The maximum absolute atomic E-state index is 13.0. The largest absolute Gasteiger partial charge is 0.420 e. The van der Waals surface area contributed by atoms with Crippen molar-refractivity contribution in [1.82, 2.24) is 13.8 Å². The van der Waals surface area contributed by atoms with E-state index in [4.69, 9.17) is 27.6 Å². The fraction of sp³-hybridized carbons (Fsp3) is 0.300. The number of sulfonamides is 1. The van der Waals surface area contributed by atoms with Crippen LogP contribution in [0.2, 0.25) is 10.0 Å². The summed E-state index contributed by atoms with van der Waals surface area (Å²) in [6.45, 7) is 2.15. The quantitative estimate of drug-likeness (QED) is 0.568. The predicted octanol–water partition coefficient (Wildman–Crippen LogP) is 3.00. The minimum atomic E-state index is -3.91. The van der Waals surface area contributed by atoms with Gasteiger partial charge in [-0.05, 0) is 31.2 Å². The van der Waals surface area contributed by atoms with Crippen LogP contribution in [-0.4, -0.2) is 54.3 Å². The van der Waals surface area contributed by atoms with Gasteiger partial charge in [0.1, 0.15) is 10.9 Å². The third kappa shape index (κ3) is 3.87. The molecule has 8 nitrogen and oxygen atoms in total. The number of hydrogen-bond acceptors (Lipinski definition) is 5. The molecule has 0 saturated carbocycles. The van der Waals surface area contributed by atoms with Gasteiger partial charge in [-0.15, -0.1) is 0 Å². The van der Waals surface area contributed by atoms with Gasteiger partial charge < -0.3 is 9.32 Å². The Balaban J connectivity index is 1.51. The van der Waals surface area contributed by atoms with Gasteiger partial charge in [-0.1, -0.05) is 41.4 Å². The topological polar surface area (TPSA) is 92.8 Å². The van der Waals surface area contributed by atoms with Crippen molar-refractivity contribution in [3.05, 3.63) is 63.1 Å². The summed E-state index contributed by atoms with van der Waals surface area (Å²) in [5.74, 6) is -0.905. The first kappa shape index (κ1) is 21.9. The fourth-order valence-electron chi connectivity index (χ4n) is 3.73. The number of para-hydroxylation sites is 2. The third-order valence-corrected chi connectivity index (χ3v) is 8.19. The monoisotopic (exact) mass is 483 g/mol. The second-order valence-electron chi connectivity index (χ2n) is 7.16. The highest BCUT2D eigenvalue weighted by Gasteiger charge is 2.34. The Hall–Kier alpha value is -2.33. The van der Waals surface area contributed by atoms with E-state index in [0.717, 1.165) is 0 Å². The van der Waals surface area contributed by atoms with Gasteiger partial charge >= 0.3 is 5.76 Å². The molecule has 2 heterocycles. The summed E-state index contributed by atoms with van der Waals surface area (Å²) in [4.78, 5) is 26.7. The van der Waals surface area contributed by atoms with Gasteiger partial charge in [0.15, 0.2) is 5.58 Å². The van der Waals surface area contributed by atoms with Crippen molar-refractivity contribution in [2.24, 2.45) is 0 Å². The summed E-state index contributed by atoms with van der Waals surface area (Å²) in [6.07, 6.45) is 0. The lowest BCUT2D eigenvalue weighted by Gasteiger charge is -2.35. The molecule has 0 N–H and O–H groups in total. The number of rotatable bonds is 4. The average Bonchev–Trinajstić information content (AvgIpc) is 3.08. The Bertz CT molecular complexity index is 1290. The van der Waals surface area contributed by atoms with E-state index in [-0.39, 0.29) is 47.0 Å². The molecular formula is C20H19Cl2N3O5S.